The van der Waals surface area contributed by atoms with Crippen LogP contribution in [0.2, 0.25) is 0 Å². The van der Waals surface area contributed by atoms with E-state index >= 15 is 0 Å². The van der Waals surface area contributed by atoms with Crippen molar-refractivity contribution < 1.29 is 19.1 Å². The van der Waals surface area contributed by atoms with Gasteiger partial charge >= 0.3 is 0 Å². The zero-order chi connectivity index (χ0) is 22.9. The molecule has 33 heavy (non-hydrogen) atoms. The van der Waals surface area contributed by atoms with Gasteiger partial charge in [0.25, 0.3) is 11.8 Å². The molecule has 0 saturated heterocycles. The van der Waals surface area contributed by atoms with Gasteiger partial charge in [-0.25, -0.2) is 5.43 Å². The van der Waals surface area contributed by atoms with Crippen LogP contribution in [0.25, 0.3) is 12.2 Å². The fraction of sp³-hybridized carbons (Fsp3) is 0.0385. The summed E-state index contributed by atoms with van der Waals surface area (Å²) in [6.07, 6.45) is 6.57. The lowest BCUT2D eigenvalue weighted by Gasteiger charge is -2.09. The number of hydrogen-bond donors (Lipinski definition) is 2. The first kappa shape index (κ1) is 21.6. The molecule has 4 rings (SSSR count). The molecule has 0 aromatic heterocycles. The molecule has 1 heterocycles. The molecule has 0 saturated carbocycles. The minimum atomic E-state index is -0.568. The molecule has 1 aliphatic rings. The Kier molecular flexibility index (Phi) is 6.92. The second-order valence-corrected chi connectivity index (χ2v) is 6.98. The van der Waals surface area contributed by atoms with Crippen LogP contribution < -0.4 is 20.2 Å². The van der Waals surface area contributed by atoms with Gasteiger partial charge in [-0.05, 0) is 47.5 Å². The second-order valence-electron chi connectivity index (χ2n) is 6.98. The van der Waals surface area contributed by atoms with Crippen molar-refractivity contribution in [2.24, 2.45) is 5.10 Å². The van der Waals surface area contributed by atoms with E-state index in [1.54, 1.807) is 54.6 Å². The molecule has 0 spiro atoms. The molecule has 0 aliphatic carbocycles. The maximum absolute atomic E-state index is 12.8. The quantitative estimate of drug-likeness (QED) is 0.331. The van der Waals surface area contributed by atoms with Crippen LogP contribution in [-0.4, -0.2) is 24.8 Å². The average molecular weight is 439 g/mol. The number of fused-ring (bicyclic) bond motifs is 1. The summed E-state index contributed by atoms with van der Waals surface area (Å²) >= 11 is 0. The molecule has 7 nitrogen and oxygen atoms in total. The number of amides is 2. The van der Waals surface area contributed by atoms with E-state index in [1.165, 1.54) is 6.21 Å². The van der Waals surface area contributed by atoms with Gasteiger partial charge in [-0.15, -0.1) is 0 Å². The Hall–Kier alpha value is -4.65. The monoisotopic (exact) mass is 439 g/mol. The van der Waals surface area contributed by atoms with E-state index in [0.717, 1.165) is 5.56 Å². The highest BCUT2D eigenvalue weighted by Crippen LogP contribution is 2.33. The fourth-order valence-corrected chi connectivity index (χ4v) is 3.03. The van der Waals surface area contributed by atoms with Gasteiger partial charge in [0, 0.05) is 11.8 Å². The van der Waals surface area contributed by atoms with Crippen LogP contribution in [0.15, 0.2) is 95.7 Å². The predicted molar refractivity (Wildman–Crippen MR) is 127 cm³/mol. The molecule has 3 aromatic rings. The second kappa shape index (κ2) is 10.6. The number of allylic oxidation sites excluding steroid dienone is 1. The molecule has 0 atom stereocenters. The zero-order valence-electron chi connectivity index (χ0n) is 17.6. The van der Waals surface area contributed by atoms with Crippen LogP contribution >= 0.6 is 0 Å². The van der Waals surface area contributed by atoms with Crippen LogP contribution in [0.1, 0.15) is 21.5 Å². The van der Waals surface area contributed by atoms with Gasteiger partial charge in [0.15, 0.2) is 11.5 Å². The van der Waals surface area contributed by atoms with Crippen molar-refractivity contribution in [3.63, 3.8) is 0 Å². The van der Waals surface area contributed by atoms with Crippen molar-refractivity contribution in [3.05, 3.63) is 107 Å². The number of nitrogens with one attached hydrogen (secondary N) is 2. The number of hydrogen-bond acceptors (Lipinski definition) is 5. The summed E-state index contributed by atoms with van der Waals surface area (Å²) in [7, 11) is 0. The summed E-state index contributed by atoms with van der Waals surface area (Å²) in [5.74, 6) is 0.218. The van der Waals surface area contributed by atoms with Crippen molar-refractivity contribution in [1.82, 2.24) is 10.7 Å². The molecular formula is C26H21N3O4. The van der Waals surface area contributed by atoms with Gasteiger partial charge in [0.05, 0.1) is 0 Å². The van der Waals surface area contributed by atoms with E-state index in [2.05, 4.69) is 15.8 Å². The van der Waals surface area contributed by atoms with Gasteiger partial charge in [-0.2, -0.15) is 5.10 Å². The smallest absolute Gasteiger partial charge is 0.287 e. The van der Waals surface area contributed by atoms with Gasteiger partial charge in [0.2, 0.25) is 6.79 Å². The Labute approximate surface area is 191 Å². The van der Waals surface area contributed by atoms with Gasteiger partial charge in [-0.1, -0.05) is 60.7 Å². The van der Waals surface area contributed by atoms with Crippen molar-refractivity contribution in [3.8, 4) is 11.5 Å². The number of ether oxygens (including phenoxy) is 2. The molecular weight excluding hydrogens is 418 g/mol. The van der Waals surface area contributed by atoms with E-state index in [0.29, 0.717) is 22.6 Å². The first-order valence-electron chi connectivity index (χ1n) is 10.2. The highest BCUT2D eigenvalue weighted by molar-refractivity contribution is 6.05. The third-order valence-electron chi connectivity index (χ3n) is 4.65. The summed E-state index contributed by atoms with van der Waals surface area (Å²) in [4.78, 5) is 25.4. The summed E-state index contributed by atoms with van der Waals surface area (Å²) in [6.45, 7) is 0.145. The number of rotatable bonds is 7. The molecule has 0 fully saturated rings. The van der Waals surface area contributed by atoms with E-state index < -0.39 is 11.8 Å². The van der Waals surface area contributed by atoms with Gasteiger partial charge in [0.1, 0.15) is 5.70 Å². The predicted octanol–water partition coefficient (Wildman–Crippen LogP) is 4.00. The van der Waals surface area contributed by atoms with E-state index in [1.807, 2.05) is 42.5 Å². The van der Waals surface area contributed by atoms with Crippen molar-refractivity contribution in [2.75, 3.05) is 6.79 Å². The Morgan fingerprint density at radius 2 is 1.58 bits per heavy atom. The molecule has 2 amide bonds. The Balaban J connectivity index is 1.50. The number of benzene rings is 3. The first-order valence-corrected chi connectivity index (χ1v) is 10.2. The third kappa shape index (κ3) is 5.95. The lowest BCUT2D eigenvalue weighted by molar-refractivity contribution is -0.117. The molecule has 3 aromatic carbocycles. The SMILES string of the molecule is O=C(NN=CC=Cc1ccccc1)C(=Cc1ccc2c(c1)OCO2)NC(=O)c1ccccc1. The highest BCUT2D eigenvalue weighted by atomic mass is 16.7. The lowest BCUT2D eigenvalue weighted by Crippen LogP contribution is -2.32. The normalized spacial score (nSPS) is 12.8. The molecule has 7 heteroatoms. The van der Waals surface area contributed by atoms with Crippen LogP contribution in [0.5, 0.6) is 11.5 Å². The van der Waals surface area contributed by atoms with Gasteiger partial charge < -0.3 is 14.8 Å². The van der Waals surface area contributed by atoms with E-state index in [-0.39, 0.29) is 12.5 Å². The zero-order valence-corrected chi connectivity index (χ0v) is 17.6. The number of carbonyl (C=O) groups excluding carboxylic acids is 2. The molecule has 1 aliphatic heterocycles. The number of hydrazone groups is 1. The van der Waals surface area contributed by atoms with E-state index in [4.69, 9.17) is 9.47 Å². The third-order valence-corrected chi connectivity index (χ3v) is 4.65. The first-order chi connectivity index (χ1) is 16.2. The topological polar surface area (TPSA) is 89.0 Å². The van der Waals surface area contributed by atoms with Gasteiger partial charge in [-0.3, -0.25) is 9.59 Å². The minimum Gasteiger partial charge on any atom is -0.454 e. The largest absolute Gasteiger partial charge is 0.454 e. The Bertz CT molecular complexity index is 1220. The standard InChI is InChI=1S/C26H21N3O4/c30-25(21-11-5-2-6-12-21)28-22(16-20-13-14-23-24(17-20)33-18-32-23)26(31)29-27-15-7-10-19-8-3-1-4-9-19/h1-17H,18H2,(H,28,30)(H,29,31). The van der Waals surface area contributed by atoms with Crippen LogP contribution in [0, 0.1) is 0 Å². The highest BCUT2D eigenvalue weighted by Gasteiger charge is 2.16. The van der Waals surface area contributed by atoms with Crippen LogP contribution in [0.3, 0.4) is 0 Å². The summed E-state index contributed by atoms with van der Waals surface area (Å²) in [5.41, 5.74) is 4.57. The maximum Gasteiger partial charge on any atom is 0.287 e. The van der Waals surface area contributed by atoms with E-state index in [9.17, 15) is 9.59 Å². The lowest BCUT2D eigenvalue weighted by atomic mass is 10.1. The number of nitrogens with zero attached hydrogens (tertiary/aromatic N) is 1. The minimum absolute atomic E-state index is 0.0342. The van der Waals surface area contributed by atoms with Crippen molar-refractivity contribution in [2.45, 2.75) is 0 Å². The molecule has 0 unspecified atom stereocenters. The summed E-state index contributed by atoms with van der Waals surface area (Å²) < 4.78 is 10.7. The Morgan fingerprint density at radius 1 is 0.848 bits per heavy atom. The van der Waals surface area contributed by atoms with Crippen molar-refractivity contribution in [1.29, 1.82) is 0 Å². The fourth-order valence-electron chi connectivity index (χ4n) is 3.03. The number of carbonyl (C=O) groups is 2. The summed E-state index contributed by atoms with van der Waals surface area (Å²) in [6, 6.07) is 23.6. The summed E-state index contributed by atoms with van der Waals surface area (Å²) in [5, 5.41) is 6.60. The van der Waals surface area contributed by atoms with Crippen molar-refractivity contribution >= 4 is 30.2 Å². The average Bonchev–Trinajstić information content (AvgIpc) is 3.32. The molecule has 2 N–H and O–H groups in total. The molecule has 0 bridgehead atoms. The van der Waals surface area contributed by atoms with Crippen LogP contribution in [0.4, 0.5) is 0 Å². The maximum atomic E-state index is 12.8. The molecule has 164 valence electrons. The Morgan fingerprint density at radius 3 is 2.36 bits per heavy atom. The molecule has 0 radical (unpaired) electrons. The van der Waals surface area contributed by atoms with Crippen LogP contribution in [-0.2, 0) is 4.79 Å².